The summed E-state index contributed by atoms with van der Waals surface area (Å²) in [5.41, 5.74) is 1.26. The smallest absolute Gasteiger partial charge is 0.305 e. The number of carboxylic acid groups (broad SMARTS) is 1. The lowest BCUT2D eigenvalue weighted by molar-refractivity contribution is -0.138. The van der Waals surface area contributed by atoms with Crippen molar-refractivity contribution in [3.8, 4) is 0 Å². The maximum Gasteiger partial charge on any atom is 0.305 e. The molecule has 1 aromatic heterocycles. The van der Waals surface area contributed by atoms with Crippen LogP contribution in [0, 0.1) is 0 Å². The average Bonchev–Trinajstić information content (AvgIpc) is 2.18. The van der Waals surface area contributed by atoms with Crippen LogP contribution in [0.4, 0.5) is 11.4 Å². The molecule has 3 N–H and O–H groups in total. The third-order valence-electron chi connectivity index (χ3n) is 2.10. The second-order valence-corrected chi connectivity index (χ2v) is 3.21. The summed E-state index contributed by atoms with van der Waals surface area (Å²) in [6.07, 6.45) is 2.84. The number of carbonyl (C=O) groups is 2. The summed E-state index contributed by atoms with van der Waals surface area (Å²) >= 11 is 0. The van der Waals surface area contributed by atoms with E-state index in [0.717, 1.165) is 0 Å². The summed E-state index contributed by atoms with van der Waals surface area (Å²) in [5, 5.41) is 14.0. The van der Waals surface area contributed by atoms with E-state index in [0.29, 0.717) is 11.4 Å². The SMILES string of the molecule is O=C(O)CC1Nc2ccncc2NC1=O. The molecule has 0 aromatic carbocycles. The molecule has 2 rings (SSSR count). The normalized spacial score (nSPS) is 18.7. The van der Waals surface area contributed by atoms with E-state index < -0.39 is 12.0 Å². The first kappa shape index (κ1) is 9.45. The van der Waals surface area contributed by atoms with Crippen LogP contribution in [0.1, 0.15) is 6.42 Å². The monoisotopic (exact) mass is 207 g/mol. The number of aliphatic carboxylic acids is 1. The van der Waals surface area contributed by atoms with E-state index in [2.05, 4.69) is 15.6 Å². The van der Waals surface area contributed by atoms with Crippen molar-refractivity contribution in [3.05, 3.63) is 18.5 Å². The van der Waals surface area contributed by atoms with E-state index >= 15 is 0 Å². The van der Waals surface area contributed by atoms with Gasteiger partial charge in [0.1, 0.15) is 6.04 Å². The second kappa shape index (κ2) is 3.56. The molecule has 0 saturated carbocycles. The van der Waals surface area contributed by atoms with E-state index in [4.69, 9.17) is 5.11 Å². The Kier molecular flexibility index (Phi) is 2.24. The quantitative estimate of drug-likeness (QED) is 0.648. The van der Waals surface area contributed by atoms with Crippen LogP contribution in [0.3, 0.4) is 0 Å². The molecule has 0 saturated heterocycles. The molecule has 6 nitrogen and oxygen atoms in total. The Bertz CT molecular complexity index is 419. The molecule has 1 aliphatic heterocycles. The topological polar surface area (TPSA) is 91.3 Å². The molecule has 2 heterocycles. The lowest BCUT2D eigenvalue weighted by atomic mass is 10.1. The molecule has 0 fully saturated rings. The number of carboxylic acids is 1. The van der Waals surface area contributed by atoms with E-state index in [9.17, 15) is 9.59 Å². The zero-order chi connectivity index (χ0) is 10.8. The minimum atomic E-state index is -1.01. The van der Waals surface area contributed by atoms with Gasteiger partial charge >= 0.3 is 5.97 Å². The molecule has 1 amide bonds. The Morgan fingerprint density at radius 2 is 2.33 bits per heavy atom. The molecule has 1 aliphatic rings. The highest BCUT2D eigenvalue weighted by Crippen LogP contribution is 2.25. The van der Waals surface area contributed by atoms with E-state index in [1.54, 1.807) is 12.3 Å². The Morgan fingerprint density at radius 1 is 1.53 bits per heavy atom. The van der Waals surface area contributed by atoms with Crippen LogP contribution in [-0.2, 0) is 9.59 Å². The van der Waals surface area contributed by atoms with Gasteiger partial charge in [-0.1, -0.05) is 0 Å². The van der Waals surface area contributed by atoms with Crippen LogP contribution in [0.2, 0.25) is 0 Å². The van der Waals surface area contributed by atoms with Gasteiger partial charge in [0.05, 0.1) is 24.0 Å². The molecular formula is C9H9N3O3. The highest BCUT2D eigenvalue weighted by molar-refractivity contribution is 6.04. The first-order valence-electron chi connectivity index (χ1n) is 4.40. The second-order valence-electron chi connectivity index (χ2n) is 3.21. The Hall–Kier alpha value is -2.11. The van der Waals surface area contributed by atoms with Gasteiger partial charge in [-0.2, -0.15) is 0 Å². The fourth-order valence-electron chi connectivity index (χ4n) is 1.41. The largest absolute Gasteiger partial charge is 0.481 e. The van der Waals surface area contributed by atoms with Crippen LogP contribution in [0.25, 0.3) is 0 Å². The number of hydrogen-bond acceptors (Lipinski definition) is 4. The molecule has 6 heteroatoms. The number of anilines is 2. The fraction of sp³-hybridized carbons (Fsp3) is 0.222. The molecule has 1 aromatic rings. The van der Waals surface area contributed by atoms with Crippen molar-refractivity contribution in [3.63, 3.8) is 0 Å². The number of amides is 1. The first-order valence-corrected chi connectivity index (χ1v) is 4.40. The molecule has 1 atom stereocenters. The molecule has 0 spiro atoms. The van der Waals surface area contributed by atoms with Crippen LogP contribution < -0.4 is 10.6 Å². The van der Waals surface area contributed by atoms with E-state index in [1.807, 2.05) is 0 Å². The third kappa shape index (κ3) is 1.88. The van der Waals surface area contributed by atoms with Crippen LogP contribution in [0.5, 0.6) is 0 Å². The van der Waals surface area contributed by atoms with Gasteiger partial charge < -0.3 is 15.7 Å². The highest BCUT2D eigenvalue weighted by Gasteiger charge is 2.27. The van der Waals surface area contributed by atoms with Crippen molar-refractivity contribution >= 4 is 23.3 Å². The fourth-order valence-corrected chi connectivity index (χ4v) is 1.41. The average molecular weight is 207 g/mol. The van der Waals surface area contributed by atoms with Gasteiger partial charge in [0, 0.05) is 6.20 Å². The van der Waals surface area contributed by atoms with Crippen molar-refractivity contribution in [1.29, 1.82) is 0 Å². The Labute approximate surface area is 85.3 Å². The van der Waals surface area contributed by atoms with Crippen molar-refractivity contribution in [2.75, 3.05) is 10.6 Å². The lowest BCUT2D eigenvalue weighted by Crippen LogP contribution is -2.40. The summed E-state index contributed by atoms with van der Waals surface area (Å²) in [7, 11) is 0. The van der Waals surface area contributed by atoms with E-state index in [1.165, 1.54) is 6.20 Å². The minimum Gasteiger partial charge on any atom is -0.481 e. The highest BCUT2D eigenvalue weighted by atomic mass is 16.4. The number of fused-ring (bicyclic) bond motifs is 1. The summed E-state index contributed by atoms with van der Waals surface area (Å²) in [6, 6.07) is 0.960. The van der Waals surface area contributed by atoms with Gasteiger partial charge in [-0.05, 0) is 6.07 Å². The molecule has 1 unspecified atom stereocenters. The zero-order valence-electron chi connectivity index (χ0n) is 7.73. The van der Waals surface area contributed by atoms with Crippen molar-refractivity contribution in [1.82, 2.24) is 4.98 Å². The predicted octanol–water partition coefficient (Wildman–Crippen LogP) is 0.289. The summed E-state index contributed by atoms with van der Waals surface area (Å²) in [4.78, 5) is 25.8. The van der Waals surface area contributed by atoms with Crippen LogP contribution >= 0.6 is 0 Å². The number of nitrogens with zero attached hydrogens (tertiary/aromatic N) is 1. The van der Waals surface area contributed by atoms with E-state index in [-0.39, 0.29) is 12.3 Å². The van der Waals surface area contributed by atoms with Crippen molar-refractivity contribution < 1.29 is 14.7 Å². The number of nitrogens with one attached hydrogen (secondary N) is 2. The van der Waals surface area contributed by atoms with Crippen molar-refractivity contribution in [2.24, 2.45) is 0 Å². The number of carbonyl (C=O) groups excluding carboxylic acids is 1. The molecule has 15 heavy (non-hydrogen) atoms. The number of pyridine rings is 1. The molecule has 78 valence electrons. The summed E-state index contributed by atoms with van der Waals surface area (Å²) < 4.78 is 0. The van der Waals surface area contributed by atoms with Crippen molar-refractivity contribution in [2.45, 2.75) is 12.5 Å². The molecular weight excluding hydrogens is 198 g/mol. The summed E-state index contributed by atoms with van der Waals surface area (Å²) in [5.74, 6) is -1.36. The zero-order valence-corrected chi connectivity index (χ0v) is 7.73. The maximum atomic E-state index is 11.4. The number of rotatable bonds is 2. The van der Waals surface area contributed by atoms with Crippen LogP contribution in [0.15, 0.2) is 18.5 Å². The summed E-state index contributed by atoms with van der Waals surface area (Å²) in [6.45, 7) is 0. The van der Waals surface area contributed by atoms with Gasteiger partial charge in [-0.15, -0.1) is 0 Å². The van der Waals surface area contributed by atoms with Crippen LogP contribution in [-0.4, -0.2) is 28.0 Å². The van der Waals surface area contributed by atoms with Gasteiger partial charge in [0.2, 0.25) is 5.91 Å². The Balaban J connectivity index is 2.22. The lowest BCUT2D eigenvalue weighted by Gasteiger charge is -2.25. The third-order valence-corrected chi connectivity index (χ3v) is 2.10. The minimum absolute atomic E-state index is 0.242. The number of hydrogen-bond donors (Lipinski definition) is 3. The van der Waals surface area contributed by atoms with Gasteiger partial charge in [-0.3, -0.25) is 14.6 Å². The predicted molar refractivity (Wildman–Crippen MR) is 52.5 cm³/mol. The standard InChI is InChI=1S/C9H9N3O3/c13-8(14)3-6-9(15)12-7-4-10-2-1-5(7)11-6/h1-2,4,6,11H,3H2,(H,12,15)(H,13,14). The number of aromatic nitrogens is 1. The Morgan fingerprint density at radius 3 is 3.07 bits per heavy atom. The molecule has 0 radical (unpaired) electrons. The van der Waals surface area contributed by atoms with Gasteiger partial charge in [0.15, 0.2) is 0 Å². The molecule has 0 bridgehead atoms. The van der Waals surface area contributed by atoms with Gasteiger partial charge in [-0.25, -0.2) is 0 Å². The van der Waals surface area contributed by atoms with Gasteiger partial charge in [0.25, 0.3) is 0 Å². The first-order chi connectivity index (χ1) is 7.16. The molecule has 0 aliphatic carbocycles. The maximum absolute atomic E-state index is 11.4.